The van der Waals surface area contributed by atoms with Crippen molar-refractivity contribution in [2.75, 3.05) is 13.2 Å². The van der Waals surface area contributed by atoms with Crippen LogP contribution in [0.4, 0.5) is 5.69 Å². The van der Waals surface area contributed by atoms with E-state index in [1.165, 1.54) is 0 Å². The lowest BCUT2D eigenvalue weighted by molar-refractivity contribution is 0.542. The largest absolute Gasteiger partial charge is 0.449 e. The van der Waals surface area contributed by atoms with Gasteiger partial charge in [-0.2, -0.15) is 0 Å². The third kappa shape index (κ3) is 4.17. The maximum absolute atomic E-state index is 6.16. The van der Waals surface area contributed by atoms with Crippen LogP contribution in [-0.4, -0.2) is 28.3 Å². The van der Waals surface area contributed by atoms with Crippen LogP contribution in [-0.2, 0) is 11.8 Å². The van der Waals surface area contributed by atoms with Crippen LogP contribution in [0.1, 0.15) is 6.92 Å². The molecule has 2 aromatic carbocycles. The van der Waals surface area contributed by atoms with Gasteiger partial charge in [0.15, 0.2) is 5.17 Å². The van der Waals surface area contributed by atoms with Crippen molar-refractivity contribution in [3.8, 4) is 5.75 Å². The van der Waals surface area contributed by atoms with Crippen LogP contribution in [0.3, 0.4) is 0 Å². The Morgan fingerprint density at radius 2 is 1.74 bits per heavy atom. The highest BCUT2D eigenvalue weighted by atomic mass is 32.4. The highest BCUT2D eigenvalue weighted by molar-refractivity contribution is 8.17. The van der Waals surface area contributed by atoms with E-state index in [-0.39, 0.29) is 0 Å². The zero-order valence-corrected chi connectivity index (χ0v) is 15.7. The third-order valence-corrected chi connectivity index (χ3v) is 7.20. The molecule has 2 aromatic rings. The van der Waals surface area contributed by atoms with E-state index in [0.717, 1.165) is 23.1 Å². The number of rotatable bonds is 4. The van der Waals surface area contributed by atoms with Gasteiger partial charge in [-0.3, -0.25) is 4.67 Å². The summed E-state index contributed by atoms with van der Waals surface area (Å²) >= 11 is 7.61. The predicted octanol–water partition coefficient (Wildman–Crippen LogP) is 5.13. The SMILES string of the molecule is CC1CN(P(C)(=S)Oc2ccccc2)C(=Nc2ccccc2)S1. The summed E-state index contributed by atoms with van der Waals surface area (Å²) in [6.07, 6.45) is -2.18. The monoisotopic (exact) mass is 362 g/mol. The molecule has 6 heteroatoms. The summed E-state index contributed by atoms with van der Waals surface area (Å²) in [4.78, 5) is 4.78. The van der Waals surface area contributed by atoms with Crippen molar-refractivity contribution in [3.05, 3.63) is 60.7 Å². The number of amidine groups is 1. The molecule has 3 rings (SSSR count). The Hall–Kier alpha value is -1.29. The van der Waals surface area contributed by atoms with E-state index < -0.39 is 6.42 Å². The van der Waals surface area contributed by atoms with E-state index in [9.17, 15) is 0 Å². The molecule has 0 aliphatic carbocycles. The molecule has 23 heavy (non-hydrogen) atoms. The van der Waals surface area contributed by atoms with Crippen LogP contribution in [0.5, 0.6) is 5.75 Å². The van der Waals surface area contributed by atoms with Gasteiger partial charge in [-0.15, -0.1) is 0 Å². The molecule has 1 heterocycles. The van der Waals surface area contributed by atoms with Crippen LogP contribution in [0.2, 0.25) is 0 Å². The van der Waals surface area contributed by atoms with Gasteiger partial charge in [0.05, 0.1) is 5.69 Å². The van der Waals surface area contributed by atoms with Gasteiger partial charge < -0.3 is 4.52 Å². The van der Waals surface area contributed by atoms with Crippen LogP contribution in [0, 0.1) is 0 Å². The van der Waals surface area contributed by atoms with Crippen LogP contribution in [0.15, 0.2) is 65.7 Å². The molecule has 0 saturated carbocycles. The normalized spacial score (nSPS) is 22.1. The van der Waals surface area contributed by atoms with Crippen LogP contribution in [0.25, 0.3) is 0 Å². The highest BCUT2D eigenvalue weighted by Crippen LogP contribution is 2.52. The minimum Gasteiger partial charge on any atom is -0.449 e. The Bertz CT molecular complexity index is 737. The molecule has 1 saturated heterocycles. The van der Waals surface area contributed by atoms with E-state index in [4.69, 9.17) is 21.3 Å². The third-order valence-electron chi connectivity index (χ3n) is 3.39. The molecule has 3 nitrogen and oxygen atoms in total. The second-order valence-corrected chi connectivity index (χ2v) is 11.2. The fourth-order valence-electron chi connectivity index (χ4n) is 2.33. The summed E-state index contributed by atoms with van der Waals surface area (Å²) in [6.45, 7) is 5.09. The van der Waals surface area contributed by atoms with Crippen LogP contribution >= 0.6 is 18.2 Å². The van der Waals surface area contributed by atoms with Gasteiger partial charge in [0.25, 0.3) is 0 Å². The first-order chi connectivity index (χ1) is 11.0. The smallest absolute Gasteiger partial charge is 0.203 e. The topological polar surface area (TPSA) is 24.8 Å². The van der Waals surface area contributed by atoms with Crippen molar-refractivity contribution in [2.45, 2.75) is 12.2 Å². The van der Waals surface area contributed by atoms with E-state index in [1.54, 1.807) is 11.8 Å². The average Bonchev–Trinajstić information content (AvgIpc) is 2.90. The fourth-order valence-corrected chi connectivity index (χ4v) is 6.34. The second-order valence-electron chi connectivity index (χ2n) is 5.45. The number of hydrogen-bond acceptors (Lipinski definition) is 4. The highest BCUT2D eigenvalue weighted by Gasteiger charge is 2.35. The lowest BCUT2D eigenvalue weighted by Gasteiger charge is -2.29. The Morgan fingerprint density at radius 1 is 1.13 bits per heavy atom. The van der Waals surface area contributed by atoms with Crippen molar-refractivity contribution >= 4 is 40.8 Å². The molecule has 0 spiro atoms. The molecule has 2 unspecified atom stereocenters. The number of hydrogen-bond donors (Lipinski definition) is 0. The summed E-state index contributed by atoms with van der Waals surface area (Å²) in [5.74, 6) is 0.821. The van der Waals surface area contributed by atoms with Gasteiger partial charge in [0.2, 0.25) is 6.42 Å². The second kappa shape index (κ2) is 7.08. The molecule has 1 fully saturated rings. The number of benzene rings is 2. The van der Waals surface area contributed by atoms with Gasteiger partial charge in [-0.1, -0.05) is 55.1 Å². The molecule has 0 N–H and O–H groups in total. The van der Waals surface area contributed by atoms with Gasteiger partial charge in [-0.25, -0.2) is 4.99 Å². The summed E-state index contributed by atoms with van der Waals surface area (Å²) in [7, 11) is 0. The van der Waals surface area contributed by atoms with Crippen molar-refractivity contribution < 1.29 is 4.52 Å². The zero-order chi connectivity index (χ0) is 16.3. The number of para-hydroxylation sites is 2. The van der Waals surface area contributed by atoms with Crippen molar-refractivity contribution in [1.82, 2.24) is 4.67 Å². The molecule has 120 valence electrons. The van der Waals surface area contributed by atoms with E-state index in [2.05, 4.69) is 11.6 Å². The average molecular weight is 362 g/mol. The molecule has 1 aliphatic heterocycles. The fraction of sp³-hybridized carbons (Fsp3) is 0.235. The molecule has 1 aliphatic rings. The summed E-state index contributed by atoms with van der Waals surface area (Å²) in [5, 5.41) is 1.42. The Labute approximate surface area is 146 Å². The van der Waals surface area contributed by atoms with Gasteiger partial charge in [0, 0.05) is 18.5 Å². The Morgan fingerprint density at radius 3 is 2.39 bits per heavy atom. The van der Waals surface area contributed by atoms with E-state index in [1.807, 2.05) is 67.3 Å². The lowest BCUT2D eigenvalue weighted by Crippen LogP contribution is -2.24. The summed E-state index contributed by atoms with van der Waals surface area (Å²) < 4.78 is 8.34. The minimum absolute atomic E-state index is 0.458. The van der Waals surface area contributed by atoms with Gasteiger partial charge in [0.1, 0.15) is 5.75 Å². The maximum Gasteiger partial charge on any atom is 0.203 e. The Kier molecular flexibility index (Phi) is 5.10. The molecule has 0 bridgehead atoms. The van der Waals surface area contributed by atoms with Gasteiger partial charge >= 0.3 is 0 Å². The van der Waals surface area contributed by atoms with Gasteiger partial charge in [-0.05, 0) is 36.1 Å². The number of nitrogens with zero attached hydrogens (tertiary/aromatic N) is 2. The van der Waals surface area contributed by atoms with Crippen molar-refractivity contribution in [1.29, 1.82) is 0 Å². The van der Waals surface area contributed by atoms with Crippen molar-refractivity contribution in [2.24, 2.45) is 4.99 Å². The summed E-state index contributed by atoms with van der Waals surface area (Å²) in [5.41, 5.74) is 0.948. The van der Waals surface area contributed by atoms with Crippen LogP contribution < -0.4 is 4.52 Å². The van der Waals surface area contributed by atoms with Crippen molar-refractivity contribution in [3.63, 3.8) is 0 Å². The lowest BCUT2D eigenvalue weighted by atomic mass is 10.3. The first kappa shape index (κ1) is 16.6. The zero-order valence-electron chi connectivity index (χ0n) is 13.1. The van der Waals surface area contributed by atoms with E-state index >= 15 is 0 Å². The maximum atomic E-state index is 6.16. The number of thioether (sulfide) groups is 1. The Balaban J connectivity index is 1.87. The molecule has 0 radical (unpaired) electrons. The standard InChI is InChI=1S/C17H19N2OPS2/c1-14-13-19(17(23-14)18-15-9-5-3-6-10-15)21(2,22)20-16-11-7-4-8-12-16/h3-12,14H,13H2,1-2H3. The molecule has 0 aromatic heterocycles. The summed E-state index contributed by atoms with van der Waals surface area (Å²) in [6, 6.07) is 19.8. The first-order valence-corrected chi connectivity index (χ1v) is 11.5. The molecule has 0 amide bonds. The molecular formula is C17H19N2OPS2. The molecule has 2 atom stereocenters. The number of aliphatic imine (C=N–C) groups is 1. The molecular weight excluding hydrogens is 343 g/mol. The van der Waals surface area contributed by atoms with E-state index in [0.29, 0.717) is 5.25 Å². The first-order valence-electron chi connectivity index (χ1n) is 7.45. The predicted molar refractivity (Wildman–Crippen MR) is 105 cm³/mol. The minimum atomic E-state index is -2.18. The quantitative estimate of drug-likeness (QED) is 0.704.